The molecule has 32 heavy (non-hydrogen) atoms. The Morgan fingerprint density at radius 2 is 1.75 bits per heavy atom. The second kappa shape index (κ2) is 8.28. The quantitative estimate of drug-likeness (QED) is 0.707. The molecule has 0 bridgehead atoms. The first-order valence-corrected chi connectivity index (χ1v) is 12.2. The number of urea groups is 1. The number of imide groups is 1. The van der Waals surface area contributed by atoms with Crippen LogP contribution >= 0.6 is 11.8 Å². The van der Waals surface area contributed by atoms with Crippen LogP contribution in [0.25, 0.3) is 0 Å². The first kappa shape index (κ1) is 21.1. The summed E-state index contributed by atoms with van der Waals surface area (Å²) in [5.74, 6) is 0.777. The molecule has 1 spiro atoms. The van der Waals surface area contributed by atoms with E-state index in [1.807, 2.05) is 54.6 Å². The SMILES string of the molecule is CC1CCC2(CC1)NC(=O)N(CC(=O)N1c3ccccc3SC[C@H]1c1ccccc1)C2=O. The highest BCUT2D eigenvalue weighted by Crippen LogP contribution is 2.43. The van der Waals surface area contributed by atoms with E-state index in [2.05, 4.69) is 12.2 Å². The lowest BCUT2D eigenvalue weighted by Gasteiger charge is -2.38. The van der Waals surface area contributed by atoms with Crippen LogP contribution in [-0.4, -0.2) is 40.6 Å². The molecule has 2 heterocycles. The van der Waals surface area contributed by atoms with E-state index in [1.165, 1.54) is 0 Å². The molecule has 1 saturated heterocycles. The zero-order chi connectivity index (χ0) is 22.3. The Morgan fingerprint density at radius 1 is 1.06 bits per heavy atom. The first-order valence-electron chi connectivity index (χ1n) is 11.2. The zero-order valence-electron chi connectivity index (χ0n) is 18.1. The van der Waals surface area contributed by atoms with Gasteiger partial charge < -0.3 is 10.2 Å². The Bertz CT molecular complexity index is 1050. The van der Waals surface area contributed by atoms with E-state index >= 15 is 0 Å². The summed E-state index contributed by atoms with van der Waals surface area (Å²) in [6.45, 7) is 1.93. The molecule has 1 N–H and O–H groups in total. The normalized spacial score (nSPS) is 27.4. The lowest BCUT2D eigenvalue weighted by molar-refractivity contribution is -0.135. The summed E-state index contributed by atoms with van der Waals surface area (Å²) in [6.07, 6.45) is 3.08. The van der Waals surface area contributed by atoms with Gasteiger partial charge in [-0.05, 0) is 49.3 Å². The maximum Gasteiger partial charge on any atom is 0.325 e. The molecule has 0 radical (unpaired) electrons. The second-order valence-electron chi connectivity index (χ2n) is 9.06. The number of anilines is 1. The van der Waals surface area contributed by atoms with Gasteiger partial charge in [0.15, 0.2) is 0 Å². The van der Waals surface area contributed by atoms with Crippen molar-refractivity contribution in [2.45, 2.75) is 49.1 Å². The van der Waals surface area contributed by atoms with Gasteiger partial charge in [-0.3, -0.25) is 14.5 Å². The summed E-state index contributed by atoms with van der Waals surface area (Å²) < 4.78 is 0. The van der Waals surface area contributed by atoms with E-state index in [0.717, 1.165) is 33.9 Å². The van der Waals surface area contributed by atoms with Gasteiger partial charge in [0.05, 0.1) is 11.7 Å². The molecule has 2 aromatic rings. The lowest BCUT2D eigenvalue weighted by atomic mass is 9.77. The van der Waals surface area contributed by atoms with Gasteiger partial charge in [-0.2, -0.15) is 0 Å². The molecule has 2 aliphatic heterocycles. The second-order valence-corrected chi connectivity index (χ2v) is 10.1. The van der Waals surface area contributed by atoms with Crippen LogP contribution in [0.2, 0.25) is 0 Å². The monoisotopic (exact) mass is 449 g/mol. The molecular weight excluding hydrogens is 422 g/mol. The fraction of sp³-hybridized carbons (Fsp3) is 0.400. The van der Waals surface area contributed by atoms with Crippen LogP contribution in [0.1, 0.15) is 44.2 Å². The molecule has 7 heteroatoms. The minimum atomic E-state index is -0.835. The predicted octanol–water partition coefficient (Wildman–Crippen LogP) is 4.37. The summed E-state index contributed by atoms with van der Waals surface area (Å²) in [5, 5.41) is 2.92. The smallest absolute Gasteiger partial charge is 0.323 e. The molecule has 6 nitrogen and oxygen atoms in total. The summed E-state index contributed by atoms with van der Waals surface area (Å²) in [7, 11) is 0. The van der Waals surface area contributed by atoms with Gasteiger partial charge in [-0.15, -0.1) is 11.8 Å². The molecule has 2 aromatic carbocycles. The number of hydrogen-bond acceptors (Lipinski definition) is 4. The number of carbonyl (C=O) groups excluding carboxylic acids is 3. The zero-order valence-corrected chi connectivity index (χ0v) is 18.9. The largest absolute Gasteiger partial charge is 0.325 e. The first-order chi connectivity index (χ1) is 15.5. The highest BCUT2D eigenvalue weighted by Gasteiger charge is 2.52. The van der Waals surface area contributed by atoms with Gasteiger partial charge in [0.2, 0.25) is 5.91 Å². The van der Waals surface area contributed by atoms with Crippen molar-refractivity contribution in [1.29, 1.82) is 0 Å². The fourth-order valence-corrected chi connectivity index (χ4v) is 6.21. The number of nitrogens with zero attached hydrogens (tertiary/aromatic N) is 2. The van der Waals surface area contributed by atoms with Crippen LogP contribution in [0.4, 0.5) is 10.5 Å². The van der Waals surface area contributed by atoms with Gasteiger partial charge in [0.25, 0.3) is 5.91 Å². The van der Waals surface area contributed by atoms with Crippen molar-refractivity contribution in [3.05, 3.63) is 60.2 Å². The van der Waals surface area contributed by atoms with E-state index in [1.54, 1.807) is 16.7 Å². The molecule has 5 rings (SSSR count). The van der Waals surface area contributed by atoms with Crippen LogP contribution in [0.15, 0.2) is 59.5 Å². The molecule has 4 amide bonds. The summed E-state index contributed by atoms with van der Waals surface area (Å²) in [5.41, 5.74) is 1.03. The fourth-order valence-electron chi connectivity index (χ4n) is 5.04. The summed E-state index contributed by atoms with van der Waals surface area (Å²) in [4.78, 5) is 43.6. The maximum absolute atomic E-state index is 13.7. The van der Waals surface area contributed by atoms with Crippen molar-refractivity contribution >= 4 is 35.3 Å². The standard InChI is InChI=1S/C25H27N3O3S/c1-17-11-13-25(14-12-17)23(30)27(24(31)26-25)15-22(29)28-19-9-5-6-10-21(19)32-16-20(28)18-7-3-2-4-8-18/h2-10,17,20H,11-16H2,1H3,(H,26,31)/t17?,20-,25?/m0/s1. The van der Waals surface area contributed by atoms with Gasteiger partial charge in [-0.25, -0.2) is 4.79 Å². The van der Waals surface area contributed by atoms with Crippen LogP contribution in [0.3, 0.4) is 0 Å². The third-order valence-electron chi connectivity index (χ3n) is 6.95. The summed E-state index contributed by atoms with van der Waals surface area (Å²) >= 11 is 1.72. The van der Waals surface area contributed by atoms with Crippen molar-refractivity contribution in [2.24, 2.45) is 5.92 Å². The highest BCUT2D eigenvalue weighted by molar-refractivity contribution is 7.99. The molecule has 0 aromatic heterocycles. The van der Waals surface area contributed by atoms with Crippen molar-refractivity contribution in [3.63, 3.8) is 0 Å². The predicted molar refractivity (Wildman–Crippen MR) is 124 cm³/mol. The van der Waals surface area contributed by atoms with E-state index in [4.69, 9.17) is 0 Å². The number of fused-ring (bicyclic) bond motifs is 1. The van der Waals surface area contributed by atoms with Crippen molar-refractivity contribution in [2.75, 3.05) is 17.2 Å². The van der Waals surface area contributed by atoms with Gasteiger partial charge in [0.1, 0.15) is 12.1 Å². The third-order valence-corrected chi connectivity index (χ3v) is 8.09. The maximum atomic E-state index is 13.7. The van der Waals surface area contributed by atoms with E-state index in [0.29, 0.717) is 24.5 Å². The molecular formula is C25H27N3O3S. The number of thioether (sulfide) groups is 1. The van der Waals surface area contributed by atoms with Gasteiger partial charge >= 0.3 is 6.03 Å². The number of carbonyl (C=O) groups is 3. The Morgan fingerprint density at radius 3 is 2.50 bits per heavy atom. The van der Waals surface area contributed by atoms with Crippen molar-refractivity contribution in [1.82, 2.24) is 10.2 Å². The average Bonchev–Trinajstić information content (AvgIpc) is 3.05. The minimum Gasteiger partial charge on any atom is -0.323 e. The highest BCUT2D eigenvalue weighted by atomic mass is 32.2. The van der Waals surface area contributed by atoms with Crippen LogP contribution in [0.5, 0.6) is 0 Å². The molecule has 1 atom stereocenters. The third kappa shape index (κ3) is 3.58. The average molecular weight is 450 g/mol. The van der Waals surface area contributed by atoms with Crippen molar-refractivity contribution in [3.8, 4) is 0 Å². The number of para-hydroxylation sites is 1. The molecule has 1 aliphatic carbocycles. The Balaban J connectivity index is 1.43. The number of benzene rings is 2. The minimum absolute atomic E-state index is 0.158. The summed E-state index contributed by atoms with van der Waals surface area (Å²) in [6, 6.07) is 17.1. The molecule has 166 valence electrons. The van der Waals surface area contributed by atoms with Crippen LogP contribution < -0.4 is 10.2 Å². The Hall–Kier alpha value is -2.80. The van der Waals surface area contributed by atoms with Gasteiger partial charge in [-0.1, -0.05) is 49.4 Å². The van der Waals surface area contributed by atoms with Crippen LogP contribution in [0, 0.1) is 5.92 Å². The lowest BCUT2D eigenvalue weighted by Crippen LogP contribution is -2.50. The van der Waals surface area contributed by atoms with E-state index < -0.39 is 11.6 Å². The number of hydrogen-bond donors (Lipinski definition) is 1. The molecule has 3 aliphatic rings. The number of nitrogens with one attached hydrogen (secondary N) is 1. The molecule has 1 saturated carbocycles. The van der Waals surface area contributed by atoms with Crippen LogP contribution in [-0.2, 0) is 9.59 Å². The van der Waals surface area contributed by atoms with Crippen molar-refractivity contribution < 1.29 is 14.4 Å². The topological polar surface area (TPSA) is 69.7 Å². The molecule has 0 unspecified atom stereocenters. The van der Waals surface area contributed by atoms with E-state index in [-0.39, 0.29) is 24.4 Å². The Labute approximate surface area is 192 Å². The van der Waals surface area contributed by atoms with E-state index in [9.17, 15) is 14.4 Å². The number of rotatable bonds is 3. The number of amides is 4. The molecule has 2 fully saturated rings. The Kier molecular flexibility index (Phi) is 5.45. The van der Waals surface area contributed by atoms with Gasteiger partial charge in [0, 0.05) is 10.6 Å².